The maximum absolute atomic E-state index is 12.5. The molecule has 0 saturated heterocycles. The minimum absolute atomic E-state index is 0.178. The minimum Gasteiger partial charge on any atom is -0.385 e. The van der Waals surface area contributed by atoms with Crippen LogP contribution < -0.4 is 15.8 Å². The Morgan fingerprint density at radius 1 is 1.21 bits per heavy atom. The first kappa shape index (κ1) is 21.5. The van der Waals surface area contributed by atoms with Gasteiger partial charge in [-0.2, -0.15) is 5.26 Å². The van der Waals surface area contributed by atoms with E-state index in [1.54, 1.807) is 13.8 Å². The van der Waals surface area contributed by atoms with E-state index in [-0.39, 0.29) is 6.03 Å². The van der Waals surface area contributed by atoms with Crippen LogP contribution in [0, 0.1) is 11.5 Å². The zero-order chi connectivity index (χ0) is 21.0. The number of carbonyl (C=O) groups is 1. The molecule has 0 saturated carbocycles. The van der Waals surface area contributed by atoms with Crippen LogP contribution in [0.5, 0.6) is 0 Å². The Balaban J connectivity index is 0.000000755. The third kappa shape index (κ3) is 5.04. The van der Waals surface area contributed by atoms with E-state index >= 15 is 0 Å². The van der Waals surface area contributed by atoms with Gasteiger partial charge in [0.1, 0.15) is 0 Å². The highest BCUT2D eigenvalue weighted by atomic mass is 32.2. The SMILES string of the molecule is CC(C)(O)c1ccc(SNC(=O)Nc2c3c(cc4c2CCC4)CCC3)s1.N#CN. The Morgan fingerprint density at radius 3 is 2.31 bits per heavy atom. The Morgan fingerprint density at radius 2 is 1.79 bits per heavy atom. The number of thiophene rings is 1. The molecule has 1 aromatic heterocycles. The van der Waals surface area contributed by atoms with Crippen LogP contribution in [-0.2, 0) is 31.3 Å². The highest BCUT2D eigenvalue weighted by Crippen LogP contribution is 2.39. The minimum atomic E-state index is -0.850. The van der Waals surface area contributed by atoms with Gasteiger partial charge in [0.2, 0.25) is 0 Å². The van der Waals surface area contributed by atoms with Crippen molar-refractivity contribution in [3.63, 3.8) is 0 Å². The number of amides is 2. The molecule has 0 radical (unpaired) electrons. The van der Waals surface area contributed by atoms with Gasteiger partial charge in [-0.05, 0) is 98.7 Å². The van der Waals surface area contributed by atoms with E-state index in [4.69, 9.17) is 5.26 Å². The molecule has 2 amide bonds. The van der Waals surface area contributed by atoms with Gasteiger partial charge in [0.15, 0.2) is 6.19 Å². The highest BCUT2D eigenvalue weighted by molar-refractivity contribution is 7.99. The molecule has 0 aliphatic heterocycles. The summed E-state index contributed by atoms with van der Waals surface area (Å²) in [6.07, 6.45) is 7.98. The molecule has 5 N–H and O–H groups in total. The number of aliphatic hydroxyl groups is 1. The van der Waals surface area contributed by atoms with Crippen LogP contribution >= 0.6 is 23.3 Å². The molecule has 6 nitrogen and oxygen atoms in total. The predicted octanol–water partition coefficient (Wildman–Crippen LogP) is 4.21. The number of hydrogen-bond donors (Lipinski definition) is 4. The van der Waals surface area contributed by atoms with Crippen molar-refractivity contribution >= 4 is 35.0 Å². The molecule has 4 rings (SSSR count). The largest absolute Gasteiger partial charge is 0.385 e. The van der Waals surface area contributed by atoms with Gasteiger partial charge in [-0.1, -0.05) is 6.07 Å². The number of rotatable bonds is 4. The number of nitrogens with zero attached hydrogens (tertiary/aromatic N) is 1. The third-order valence-corrected chi connectivity index (χ3v) is 7.46. The molecule has 2 aliphatic carbocycles. The van der Waals surface area contributed by atoms with Gasteiger partial charge in [0.05, 0.1) is 9.81 Å². The first-order valence-electron chi connectivity index (χ1n) is 9.66. The zero-order valence-corrected chi connectivity index (χ0v) is 18.3. The van der Waals surface area contributed by atoms with Gasteiger partial charge < -0.3 is 16.2 Å². The molecule has 0 fully saturated rings. The first-order chi connectivity index (χ1) is 13.8. The van der Waals surface area contributed by atoms with Gasteiger partial charge in [0, 0.05) is 10.6 Å². The van der Waals surface area contributed by atoms with Crippen LogP contribution in [0.4, 0.5) is 10.5 Å². The lowest BCUT2D eigenvalue weighted by Crippen LogP contribution is -2.24. The summed E-state index contributed by atoms with van der Waals surface area (Å²) in [6, 6.07) is 6.03. The van der Waals surface area contributed by atoms with Crippen molar-refractivity contribution in [3.05, 3.63) is 45.3 Å². The third-order valence-electron chi connectivity index (χ3n) is 5.14. The van der Waals surface area contributed by atoms with Gasteiger partial charge in [0.25, 0.3) is 0 Å². The normalized spacial score (nSPS) is 14.3. The molecular formula is C21H26N4O2S2. The molecule has 29 heavy (non-hydrogen) atoms. The van der Waals surface area contributed by atoms with Gasteiger partial charge in [-0.3, -0.25) is 4.72 Å². The number of fused-ring (bicyclic) bond motifs is 2. The van der Waals surface area contributed by atoms with E-state index in [1.165, 1.54) is 64.6 Å². The topological polar surface area (TPSA) is 111 Å². The van der Waals surface area contributed by atoms with Gasteiger partial charge in [-0.15, -0.1) is 11.3 Å². The van der Waals surface area contributed by atoms with Crippen molar-refractivity contribution in [2.45, 2.75) is 62.2 Å². The second-order valence-electron chi connectivity index (χ2n) is 7.70. The number of nitriles is 1. The Hall–Kier alpha value is -2.21. The Labute approximate surface area is 179 Å². The molecule has 1 heterocycles. The van der Waals surface area contributed by atoms with E-state index in [0.717, 1.165) is 40.5 Å². The number of carbonyl (C=O) groups excluding carboxylic acids is 1. The first-order valence-corrected chi connectivity index (χ1v) is 11.3. The lowest BCUT2D eigenvalue weighted by molar-refractivity contribution is 0.0825. The lowest BCUT2D eigenvalue weighted by atomic mass is 9.99. The number of anilines is 1. The zero-order valence-electron chi connectivity index (χ0n) is 16.7. The van der Waals surface area contributed by atoms with Crippen molar-refractivity contribution in [1.82, 2.24) is 4.72 Å². The van der Waals surface area contributed by atoms with Crippen molar-refractivity contribution in [2.75, 3.05) is 5.32 Å². The summed E-state index contributed by atoms with van der Waals surface area (Å²) in [5, 5.41) is 20.3. The molecule has 0 bridgehead atoms. The molecule has 154 valence electrons. The average Bonchev–Trinajstić information content (AvgIpc) is 3.39. The summed E-state index contributed by atoms with van der Waals surface area (Å²) < 4.78 is 3.85. The molecule has 0 atom stereocenters. The van der Waals surface area contributed by atoms with Crippen molar-refractivity contribution in [1.29, 1.82) is 5.26 Å². The fraction of sp³-hybridized carbons (Fsp3) is 0.429. The summed E-state index contributed by atoms with van der Waals surface area (Å²) in [5.41, 5.74) is 9.88. The summed E-state index contributed by atoms with van der Waals surface area (Å²) in [7, 11) is 0. The second kappa shape index (κ2) is 9.08. The van der Waals surface area contributed by atoms with Crippen LogP contribution in [0.15, 0.2) is 22.4 Å². The van der Waals surface area contributed by atoms with E-state index in [9.17, 15) is 9.90 Å². The predicted molar refractivity (Wildman–Crippen MR) is 118 cm³/mol. The standard InChI is InChI=1S/C20H24N2O2S2.CH2N2/c1-20(2,24)16-9-10-17(25-16)26-22-19(23)21-18-14-7-3-5-12(14)11-13-6-4-8-15(13)18;2-1-3/h9-11,24H,3-8H2,1-2H3,(H2,21,22,23);2H2. The number of nitrogens with two attached hydrogens (primary N) is 1. The summed E-state index contributed by atoms with van der Waals surface area (Å²) in [6.45, 7) is 3.54. The van der Waals surface area contributed by atoms with Crippen molar-refractivity contribution < 1.29 is 9.90 Å². The van der Waals surface area contributed by atoms with Crippen LogP contribution in [0.2, 0.25) is 0 Å². The fourth-order valence-electron chi connectivity index (χ4n) is 3.91. The number of aryl methyl sites for hydroxylation is 2. The van der Waals surface area contributed by atoms with Crippen molar-refractivity contribution in [2.24, 2.45) is 5.73 Å². The molecule has 0 unspecified atom stereocenters. The Kier molecular flexibility index (Phi) is 6.73. The Bertz CT molecular complexity index is 909. The highest BCUT2D eigenvalue weighted by Gasteiger charge is 2.25. The van der Waals surface area contributed by atoms with Crippen LogP contribution in [0.3, 0.4) is 0 Å². The molecule has 1 aromatic carbocycles. The maximum atomic E-state index is 12.5. The summed E-state index contributed by atoms with van der Waals surface area (Å²) in [5.74, 6) is 0. The number of nitrogens with one attached hydrogen (secondary N) is 2. The quantitative estimate of drug-likeness (QED) is 0.330. The number of hydrogen-bond acceptors (Lipinski definition) is 6. The monoisotopic (exact) mass is 430 g/mol. The summed E-state index contributed by atoms with van der Waals surface area (Å²) in [4.78, 5) is 13.4. The second-order valence-corrected chi connectivity index (χ2v) is 9.89. The van der Waals surface area contributed by atoms with Crippen LogP contribution in [0.25, 0.3) is 0 Å². The van der Waals surface area contributed by atoms with Gasteiger partial charge >= 0.3 is 6.03 Å². The van der Waals surface area contributed by atoms with Crippen molar-refractivity contribution in [3.8, 4) is 6.19 Å². The van der Waals surface area contributed by atoms with Crippen LogP contribution in [-0.4, -0.2) is 11.1 Å². The molecule has 8 heteroatoms. The van der Waals surface area contributed by atoms with Gasteiger partial charge in [-0.25, -0.2) is 4.79 Å². The van der Waals surface area contributed by atoms with E-state index in [2.05, 4.69) is 21.8 Å². The molecule has 0 spiro atoms. The molecule has 2 aliphatic rings. The smallest absolute Gasteiger partial charge is 0.329 e. The van der Waals surface area contributed by atoms with E-state index in [0.29, 0.717) is 0 Å². The summed E-state index contributed by atoms with van der Waals surface area (Å²) >= 11 is 2.80. The fourth-order valence-corrected chi connectivity index (χ4v) is 5.59. The molecule has 2 aromatic rings. The maximum Gasteiger partial charge on any atom is 0.329 e. The lowest BCUT2D eigenvalue weighted by Gasteiger charge is -2.16. The van der Waals surface area contributed by atoms with Crippen LogP contribution in [0.1, 0.15) is 53.8 Å². The number of benzene rings is 1. The van der Waals surface area contributed by atoms with E-state index < -0.39 is 5.60 Å². The number of urea groups is 1. The average molecular weight is 431 g/mol. The molecular weight excluding hydrogens is 404 g/mol. The van der Waals surface area contributed by atoms with E-state index in [1.807, 2.05) is 12.1 Å².